The number of aliphatic carboxylic acids is 1. The van der Waals surface area contributed by atoms with E-state index in [1.54, 1.807) is 25.1 Å². The number of amides is 1. The lowest BCUT2D eigenvalue weighted by atomic mass is 10.0. The first-order valence-corrected chi connectivity index (χ1v) is 5.81. The molecule has 2 rings (SSSR count). The second kappa shape index (κ2) is 5.09. The monoisotopic (exact) mass is 262 g/mol. The number of rotatable bonds is 4. The van der Waals surface area contributed by atoms with Crippen LogP contribution < -0.4 is 5.32 Å². The van der Waals surface area contributed by atoms with Crippen LogP contribution in [0.5, 0.6) is 0 Å². The number of carbonyl (C=O) groups is 2. The van der Waals surface area contributed by atoms with Crippen molar-refractivity contribution in [2.75, 3.05) is 0 Å². The van der Waals surface area contributed by atoms with Crippen LogP contribution in [-0.4, -0.2) is 22.0 Å². The summed E-state index contributed by atoms with van der Waals surface area (Å²) in [5.74, 6) is -0.714. The van der Waals surface area contributed by atoms with Gasteiger partial charge in [0.15, 0.2) is 11.5 Å². The Labute approximate surface area is 109 Å². The maximum Gasteiger partial charge on any atom is 0.305 e. The van der Waals surface area contributed by atoms with E-state index in [4.69, 9.17) is 9.52 Å². The summed E-state index contributed by atoms with van der Waals surface area (Å²) in [5.41, 5.74) is 1.97. The topological polar surface area (TPSA) is 92.4 Å². The molecule has 2 N–H and O–H groups in total. The van der Waals surface area contributed by atoms with Gasteiger partial charge in [0, 0.05) is 13.8 Å². The fourth-order valence-electron chi connectivity index (χ4n) is 1.95. The molecule has 0 aliphatic rings. The Morgan fingerprint density at radius 1 is 1.47 bits per heavy atom. The van der Waals surface area contributed by atoms with Crippen LogP contribution in [0.15, 0.2) is 22.6 Å². The summed E-state index contributed by atoms with van der Waals surface area (Å²) < 4.78 is 5.40. The van der Waals surface area contributed by atoms with Crippen LogP contribution in [0.1, 0.15) is 30.8 Å². The van der Waals surface area contributed by atoms with Crippen LogP contribution >= 0.6 is 0 Å². The highest BCUT2D eigenvalue weighted by Crippen LogP contribution is 2.23. The predicted molar refractivity (Wildman–Crippen MR) is 67.6 cm³/mol. The molecule has 2 aromatic rings. The fourth-order valence-corrected chi connectivity index (χ4v) is 1.95. The molecule has 0 radical (unpaired) electrons. The Bertz CT molecular complexity index is 617. The zero-order chi connectivity index (χ0) is 14.0. The molecular formula is C13H14N2O4. The molecule has 1 aromatic heterocycles. The number of aromatic nitrogens is 1. The van der Waals surface area contributed by atoms with Gasteiger partial charge in [0.25, 0.3) is 0 Å². The number of aryl methyl sites for hydroxylation is 1. The van der Waals surface area contributed by atoms with E-state index in [0.29, 0.717) is 22.6 Å². The Hall–Kier alpha value is -2.37. The molecule has 1 unspecified atom stereocenters. The molecule has 0 saturated heterocycles. The van der Waals surface area contributed by atoms with Gasteiger partial charge >= 0.3 is 5.97 Å². The largest absolute Gasteiger partial charge is 0.481 e. The van der Waals surface area contributed by atoms with E-state index in [0.717, 1.165) is 0 Å². The van der Waals surface area contributed by atoms with Crippen molar-refractivity contribution in [2.24, 2.45) is 0 Å². The standard InChI is InChI=1S/C13H14N2O4/c1-7(16)14-11(6-13(17)18)9-3-4-10-12(5-9)19-8(2)15-10/h3-5,11H,6H2,1-2H3,(H,14,16)(H,17,18). The van der Waals surface area contributed by atoms with Gasteiger partial charge in [-0.05, 0) is 17.7 Å². The number of nitrogens with one attached hydrogen (secondary N) is 1. The lowest BCUT2D eigenvalue weighted by Crippen LogP contribution is -2.27. The minimum Gasteiger partial charge on any atom is -0.481 e. The Morgan fingerprint density at radius 3 is 2.84 bits per heavy atom. The average Bonchev–Trinajstić information content (AvgIpc) is 2.65. The molecular weight excluding hydrogens is 248 g/mol. The minimum absolute atomic E-state index is 0.182. The van der Waals surface area contributed by atoms with Crippen LogP contribution in [-0.2, 0) is 9.59 Å². The van der Waals surface area contributed by atoms with Gasteiger partial charge in [-0.25, -0.2) is 4.98 Å². The molecule has 0 aliphatic carbocycles. The van der Waals surface area contributed by atoms with Gasteiger partial charge in [0.1, 0.15) is 5.52 Å². The molecule has 0 aliphatic heterocycles. The van der Waals surface area contributed by atoms with Crippen molar-refractivity contribution >= 4 is 23.0 Å². The van der Waals surface area contributed by atoms with Crippen molar-refractivity contribution in [3.63, 3.8) is 0 Å². The second-order valence-electron chi connectivity index (χ2n) is 4.31. The highest BCUT2D eigenvalue weighted by molar-refractivity contribution is 5.77. The summed E-state index contributed by atoms with van der Waals surface area (Å²) in [7, 11) is 0. The summed E-state index contributed by atoms with van der Waals surface area (Å²) in [4.78, 5) is 26.1. The Kier molecular flexibility index (Phi) is 3.50. The van der Waals surface area contributed by atoms with Crippen LogP contribution in [0, 0.1) is 6.92 Å². The van der Waals surface area contributed by atoms with Crippen molar-refractivity contribution in [2.45, 2.75) is 26.3 Å². The van der Waals surface area contributed by atoms with Crippen LogP contribution in [0.3, 0.4) is 0 Å². The SMILES string of the molecule is CC(=O)NC(CC(=O)O)c1ccc2nc(C)oc2c1. The zero-order valence-electron chi connectivity index (χ0n) is 10.6. The van der Waals surface area contributed by atoms with E-state index < -0.39 is 12.0 Å². The van der Waals surface area contributed by atoms with Crippen LogP contribution in [0.4, 0.5) is 0 Å². The smallest absolute Gasteiger partial charge is 0.305 e. The van der Waals surface area contributed by atoms with E-state index in [-0.39, 0.29) is 12.3 Å². The molecule has 0 saturated carbocycles. The Balaban J connectivity index is 2.36. The maximum atomic E-state index is 11.1. The number of hydrogen-bond acceptors (Lipinski definition) is 4. The third-order valence-electron chi connectivity index (χ3n) is 2.68. The lowest BCUT2D eigenvalue weighted by molar-refractivity contribution is -0.137. The summed E-state index contributed by atoms with van der Waals surface area (Å²) in [6.45, 7) is 3.09. The van der Waals surface area contributed by atoms with Crippen LogP contribution in [0.25, 0.3) is 11.1 Å². The summed E-state index contributed by atoms with van der Waals surface area (Å²) in [5, 5.41) is 11.5. The van der Waals surface area contributed by atoms with Gasteiger partial charge < -0.3 is 14.8 Å². The van der Waals surface area contributed by atoms with Gasteiger partial charge in [-0.2, -0.15) is 0 Å². The summed E-state index contributed by atoms with van der Waals surface area (Å²) >= 11 is 0. The van der Waals surface area contributed by atoms with E-state index in [1.165, 1.54) is 6.92 Å². The van der Waals surface area contributed by atoms with Crippen molar-refractivity contribution in [3.05, 3.63) is 29.7 Å². The van der Waals surface area contributed by atoms with E-state index in [1.807, 2.05) is 0 Å². The Morgan fingerprint density at radius 2 is 2.21 bits per heavy atom. The number of carboxylic acid groups (broad SMARTS) is 1. The molecule has 1 heterocycles. The van der Waals surface area contributed by atoms with Gasteiger partial charge in [-0.15, -0.1) is 0 Å². The number of carboxylic acids is 1. The van der Waals surface area contributed by atoms with Gasteiger partial charge in [-0.3, -0.25) is 9.59 Å². The van der Waals surface area contributed by atoms with Crippen LogP contribution in [0.2, 0.25) is 0 Å². The van der Waals surface area contributed by atoms with Gasteiger partial charge in [-0.1, -0.05) is 6.07 Å². The fraction of sp³-hybridized carbons (Fsp3) is 0.308. The molecule has 19 heavy (non-hydrogen) atoms. The molecule has 1 aromatic carbocycles. The van der Waals surface area contributed by atoms with Crippen molar-refractivity contribution in [1.82, 2.24) is 10.3 Å². The van der Waals surface area contributed by atoms with E-state index in [2.05, 4.69) is 10.3 Å². The van der Waals surface area contributed by atoms with E-state index in [9.17, 15) is 9.59 Å². The second-order valence-corrected chi connectivity index (χ2v) is 4.31. The molecule has 100 valence electrons. The first kappa shape index (κ1) is 13.1. The van der Waals surface area contributed by atoms with Crippen molar-refractivity contribution in [3.8, 4) is 0 Å². The quantitative estimate of drug-likeness (QED) is 0.876. The highest BCUT2D eigenvalue weighted by Gasteiger charge is 2.17. The number of benzene rings is 1. The number of hydrogen-bond donors (Lipinski definition) is 2. The first-order valence-electron chi connectivity index (χ1n) is 5.81. The first-order chi connectivity index (χ1) is 8.95. The maximum absolute atomic E-state index is 11.1. The number of nitrogens with zero attached hydrogens (tertiary/aromatic N) is 1. The van der Waals surface area contributed by atoms with Gasteiger partial charge in [0.2, 0.25) is 5.91 Å². The predicted octanol–water partition coefficient (Wildman–Crippen LogP) is 1.79. The molecule has 0 spiro atoms. The lowest BCUT2D eigenvalue weighted by Gasteiger charge is -2.15. The van der Waals surface area contributed by atoms with Gasteiger partial charge in [0.05, 0.1) is 12.5 Å². The zero-order valence-corrected chi connectivity index (χ0v) is 10.6. The number of carbonyl (C=O) groups excluding carboxylic acids is 1. The normalized spacial score (nSPS) is 12.3. The molecule has 0 fully saturated rings. The highest BCUT2D eigenvalue weighted by atomic mass is 16.4. The molecule has 0 bridgehead atoms. The molecule has 1 amide bonds. The number of oxazole rings is 1. The summed E-state index contributed by atoms with van der Waals surface area (Å²) in [6, 6.07) is 4.62. The summed E-state index contributed by atoms with van der Waals surface area (Å²) in [6.07, 6.45) is -0.182. The van der Waals surface area contributed by atoms with Crippen molar-refractivity contribution in [1.29, 1.82) is 0 Å². The number of fused-ring (bicyclic) bond motifs is 1. The molecule has 1 atom stereocenters. The third kappa shape index (κ3) is 3.09. The average molecular weight is 262 g/mol. The molecule has 6 nitrogen and oxygen atoms in total. The van der Waals surface area contributed by atoms with Crippen molar-refractivity contribution < 1.29 is 19.1 Å². The van der Waals surface area contributed by atoms with E-state index >= 15 is 0 Å². The minimum atomic E-state index is -0.979. The molecule has 6 heteroatoms. The third-order valence-corrected chi connectivity index (χ3v) is 2.68.